The summed E-state index contributed by atoms with van der Waals surface area (Å²) < 4.78 is 5.24. The van der Waals surface area contributed by atoms with Crippen LogP contribution in [0.1, 0.15) is 17.9 Å². The van der Waals surface area contributed by atoms with E-state index in [-0.39, 0.29) is 12.3 Å². The summed E-state index contributed by atoms with van der Waals surface area (Å²) in [5.74, 6) is -0.295. The maximum atomic E-state index is 10.6. The van der Waals surface area contributed by atoms with E-state index in [9.17, 15) is 4.79 Å². The average molecular weight is 189 g/mol. The molecule has 1 aliphatic carbocycles. The summed E-state index contributed by atoms with van der Waals surface area (Å²) in [7, 11) is 0. The molecule has 3 heterocycles. The molecule has 14 heavy (non-hydrogen) atoms. The third-order valence-corrected chi connectivity index (χ3v) is 2.52. The van der Waals surface area contributed by atoms with Crippen LogP contribution in [0.15, 0.2) is 21.6 Å². The molecule has 1 atom stereocenters. The smallest absolute Gasteiger partial charge is 0.304 e. The summed E-state index contributed by atoms with van der Waals surface area (Å²) >= 11 is 0. The fourth-order valence-corrected chi connectivity index (χ4v) is 1.91. The van der Waals surface area contributed by atoms with Crippen LogP contribution in [0.5, 0.6) is 0 Å². The maximum Gasteiger partial charge on any atom is 0.304 e. The summed E-state index contributed by atoms with van der Waals surface area (Å²) in [5, 5.41) is 9.68. The van der Waals surface area contributed by atoms with Gasteiger partial charge in [-0.3, -0.25) is 4.79 Å². The van der Waals surface area contributed by atoms with Gasteiger partial charge < -0.3 is 9.52 Å². The van der Waals surface area contributed by atoms with E-state index < -0.39 is 5.97 Å². The molecule has 1 unspecified atom stereocenters. The Balaban J connectivity index is 2.10. The van der Waals surface area contributed by atoms with Gasteiger partial charge in [0.25, 0.3) is 0 Å². The first-order chi connectivity index (χ1) is 6.75. The van der Waals surface area contributed by atoms with Crippen molar-refractivity contribution >= 4 is 17.9 Å². The third-order valence-electron chi connectivity index (χ3n) is 2.52. The number of hydrogen-bond donors (Lipinski definition) is 1. The third kappa shape index (κ3) is 0.824. The molecule has 0 saturated carbocycles. The number of rotatable bonds is 2. The zero-order valence-corrected chi connectivity index (χ0v) is 7.23. The van der Waals surface area contributed by atoms with Crippen molar-refractivity contribution in [2.45, 2.75) is 12.3 Å². The predicted octanol–water partition coefficient (Wildman–Crippen LogP) is 0.453. The van der Waals surface area contributed by atoms with Crippen molar-refractivity contribution < 1.29 is 14.3 Å². The number of carboxylic acid groups (broad SMARTS) is 1. The van der Waals surface area contributed by atoms with E-state index in [0.29, 0.717) is 11.4 Å². The average Bonchev–Trinajstić information content (AvgIpc) is 2.55. The Kier molecular flexibility index (Phi) is 1.27. The summed E-state index contributed by atoms with van der Waals surface area (Å²) in [4.78, 5) is 14.7. The normalized spacial score (nSPS) is 20.4. The van der Waals surface area contributed by atoms with Gasteiger partial charge >= 0.3 is 5.97 Å². The van der Waals surface area contributed by atoms with Crippen LogP contribution in [0.25, 0.3) is 6.08 Å². The highest BCUT2D eigenvalue weighted by atomic mass is 16.4. The fraction of sp³-hybridized carbons (Fsp3) is 0.200. The molecule has 70 valence electrons. The number of nitrogens with zero attached hydrogens (tertiary/aromatic N) is 1. The predicted molar refractivity (Wildman–Crippen MR) is 47.7 cm³/mol. The molecule has 0 spiro atoms. The van der Waals surface area contributed by atoms with Crippen LogP contribution in [0, 0.1) is 0 Å². The van der Waals surface area contributed by atoms with Gasteiger partial charge in [-0.15, -0.1) is 0 Å². The lowest BCUT2D eigenvalue weighted by Crippen LogP contribution is -2.24. The molecule has 0 aromatic carbocycles. The number of carboxylic acids is 1. The molecule has 0 amide bonds. The Morgan fingerprint density at radius 2 is 2.43 bits per heavy atom. The highest BCUT2D eigenvalue weighted by molar-refractivity contribution is 5.70. The van der Waals surface area contributed by atoms with Gasteiger partial charge in [-0.05, 0) is 6.08 Å². The topological polar surface area (TPSA) is 62.8 Å². The molecule has 1 N–H and O–H groups in total. The number of aliphatic carboxylic acids is 1. The molecule has 0 saturated heterocycles. The van der Waals surface area contributed by atoms with Crippen molar-refractivity contribution in [3.8, 4) is 0 Å². The van der Waals surface area contributed by atoms with E-state index in [1.165, 1.54) is 0 Å². The first kappa shape index (κ1) is 7.55. The lowest BCUT2D eigenvalue weighted by molar-refractivity contribution is -0.137. The largest absolute Gasteiger partial charge is 0.481 e. The molecule has 0 radical (unpaired) electrons. The second kappa shape index (κ2) is 2.35. The number of hydrogen-bond acceptors (Lipinski definition) is 3. The summed E-state index contributed by atoms with van der Waals surface area (Å²) in [5.41, 5.74) is 1.57. The Morgan fingerprint density at radius 1 is 1.64 bits per heavy atom. The Morgan fingerprint density at radius 3 is 3.14 bits per heavy atom. The van der Waals surface area contributed by atoms with Crippen LogP contribution in [0.3, 0.4) is 0 Å². The van der Waals surface area contributed by atoms with Crippen LogP contribution in [0.2, 0.25) is 0 Å². The van der Waals surface area contributed by atoms with Crippen molar-refractivity contribution in [3.05, 3.63) is 28.5 Å². The van der Waals surface area contributed by atoms with Gasteiger partial charge in [-0.1, -0.05) is 12.2 Å². The first-order valence-corrected chi connectivity index (χ1v) is 4.37. The molecule has 4 nitrogen and oxygen atoms in total. The van der Waals surface area contributed by atoms with Crippen LogP contribution in [-0.2, 0) is 4.79 Å². The molecule has 3 aliphatic rings. The summed E-state index contributed by atoms with van der Waals surface area (Å²) in [6.45, 7) is 0. The van der Waals surface area contributed by atoms with E-state index in [4.69, 9.17) is 9.52 Å². The molecule has 0 fully saturated rings. The fourth-order valence-electron chi connectivity index (χ4n) is 1.91. The van der Waals surface area contributed by atoms with Crippen LogP contribution in [-0.4, -0.2) is 11.1 Å². The standard InChI is InChI=1S/C10H7NO3/c12-7(13)4-5-2-1-3-6-8(5)10-11-9(6)14-10/h1-3,5H,4H2,(H,12,13). The molecular formula is C10H7NO3. The molecule has 2 aliphatic heterocycles. The first-order valence-electron chi connectivity index (χ1n) is 4.37. The van der Waals surface area contributed by atoms with Gasteiger partial charge in [0, 0.05) is 16.7 Å². The molecule has 1 aromatic rings. The number of furan rings is 1. The molecule has 4 heteroatoms. The van der Waals surface area contributed by atoms with Gasteiger partial charge in [0.2, 0.25) is 11.4 Å². The van der Waals surface area contributed by atoms with Crippen LogP contribution in [0.4, 0.5) is 5.88 Å². The van der Waals surface area contributed by atoms with E-state index in [1.807, 2.05) is 18.2 Å². The number of carbonyl (C=O) groups is 1. The van der Waals surface area contributed by atoms with Crippen molar-refractivity contribution in [3.63, 3.8) is 0 Å². The van der Waals surface area contributed by atoms with Crippen LogP contribution >= 0.6 is 0 Å². The Bertz CT molecular complexity index is 565. The van der Waals surface area contributed by atoms with Gasteiger partial charge in [-0.25, -0.2) is 0 Å². The Hall–Kier alpha value is -1.84. The Labute approximate surface area is 78.9 Å². The van der Waals surface area contributed by atoms with Gasteiger partial charge in [0.1, 0.15) is 0 Å². The van der Waals surface area contributed by atoms with E-state index in [2.05, 4.69) is 4.99 Å². The summed E-state index contributed by atoms with van der Waals surface area (Å²) in [6, 6.07) is 0. The minimum absolute atomic E-state index is 0.0914. The van der Waals surface area contributed by atoms with Gasteiger partial charge in [0.15, 0.2) is 0 Å². The molecule has 1 aromatic heterocycles. The van der Waals surface area contributed by atoms with E-state index in [0.717, 1.165) is 10.8 Å². The minimum Gasteiger partial charge on any atom is -0.481 e. The van der Waals surface area contributed by atoms with E-state index in [1.54, 1.807) is 0 Å². The second-order valence-corrected chi connectivity index (χ2v) is 3.41. The monoisotopic (exact) mass is 189 g/mol. The highest BCUT2D eigenvalue weighted by Crippen LogP contribution is 2.31. The van der Waals surface area contributed by atoms with E-state index >= 15 is 0 Å². The zero-order chi connectivity index (χ0) is 9.71. The van der Waals surface area contributed by atoms with Crippen LogP contribution < -0.4 is 10.8 Å². The zero-order valence-electron chi connectivity index (χ0n) is 7.23. The molecule has 2 bridgehead atoms. The minimum atomic E-state index is -0.803. The summed E-state index contributed by atoms with van der Waals surface area (Å²) in [6.07, 6.45) is 5.74. The SMILES string of the molecule is O=C(O)CC1C=CC=c2c1c1oc2=N1. The van der Waals surface area contributed by atoms with Crippen molar-refractivity contribution in [1.29, 1.82) is 0 Å². The quantitative estimate of drug-likeness (QED) is 0.746. The molecular weight excluding hydrogens is 182 g/mol. The van der Waals surface area contributed by atoms with Gasteiger partial charge in [-0.2, -0.15) is 4.99 Å². The van der Waals surface area contributed by atoms with Crippen molar-refractivity contribution in [2.75, 3.05) is 0 Å². The lowest BCUT2D eigenvalue weighted by Gasteiger charge is -2.09. The van der Waals surface area contributed by atoms with Gasteiger partial charge in [0.05, 0.1) is 6.42 Å². The maximum absolute atomic E-state index is 10.6. The second-order valence-electron chi connectivity index (χ2n) is 3.41. The number of allylic oxidation sites excluding steroid dienone is 2. The van der Waals surface area contributed by atoms with Crippen molar-refractivity contribution in [1.82, 2.24) is 0 Å². The van der Waals surface area contributed by atoms with Crippen molar-refractivity contribution in [2.24, 2.45) is 4.99 Å². The lowest BCUT2D eigenvalue weighted by atomic mass is 9.93. The molecule has 4 rings (SSSR count). The highest BCUT2D eigenvalue weighted by Gasteiger charge is 2.27.